The first kappa shape index (κ1) is 29.8. The first-order valence-corrected chi connectivity index (χ1v) is 14.6. The number of piperidine rings is 1. The molecule has 42 heavy (non-hydrogen) atoms. The second-order valence-corrected chi connectivity index (χ2v) is 11.2. The Bertz CT molecular complexity index is 1450. The lowest BCUT2D eigenvalue weighted by molar-refractivity contribution is -0.135. The molecule has 10 nitrogen and oxygen atoms in total. The molecular formula is C30H32Cl2N6O4. The number of carbonyl (C=O) groups excluding carboxylic acids is 3. The van der Waals surface area contributed by atoms with Crippen LogP contribution in [0.2, 0.25) is 10.0 Å². The number of hydrogen-bond acceptors (Lipinski definition) is 7. The van der Waals surface area contributed by atoms with Gasteiger partial charge in [0.1, 0.15) is 11.6 Å². The van der Waals surface area contributed by atoms with E-state index in [1.165, 1.54) is 24.4 Å². The SMILES string of the molecule is O=C(Nc1c(O)cc(Cl)cc1C(=O)Nc1ccc(Cl)cn1)c1ccc(C2CCCN(CCN3CCNCC3)C2=O)cc1. The van der Waals surface area contributed by atoms with Crippen LogP contribution in [0.1, 0.15) is 45.0 Å². The number of phenolic OH excluding ortho intramolecular Hbond substituents is 1. The molecule has 1 aromatic heterocycles. The Kier molecular flexibility index (Phi) is 9.58. The highest BCUT2D eigenvalue weighted by Gasteiger charge is 2.30. The molecule has 2 aromatic carbocycles. The number of hydrogen-bond donors (Lipinski definition) is 4. The van der Waals surface area contributed by atoms with Crippen molar-refractivity contribution in [2.45, 2.75) is 18.8 Å². The van der Waals surface area contributed by atoms with Crippen LogP contribution in [0.3, 0.4) is 0 Å². The number of nitrogens with zero attached hydrogens (tertiary/aromatic N) is 3. The predicted octanol–water partition coefficient (Wildman–Crippen LogP) is 4.21. The fourth-order valence-electron chi connectivity index (χ4n) is 5.26. The fraction of sp³-hybridized carbons (Fsp3) is 0.333. The number of likely N-dealkylation sites (tertiary alicyclic amines) is 1. The van der Waals surface area contributed by atoms with Crippen molar-refractivity contribution in [1.29, 1.82) is 0 Å². The number of pyridine rings is 1. The van der Waals surface area contributed by atoms with E-state index in [2.05, 4.69) is 25.8 Å². The molecule has 0 radical (unpaired) electrons. The number of piperazine rings is 1. The quantitative estimate of drug-likeness (QED) is 0.281. The predicted molar refractivity (Wildman–Crippen MR) is 163 cm³/mol. The lowest BCUT2D eigenvalue weighted by Gasteiger charge is -2.35. The van der Waals surface area contributed by atoms with Crippen molar-refractivity contribution in [2.24, 2.45) is 0 Å². The van der Waals surface area contributed by atoms with Gasteiger partial charge in [0.25, 0.3) is 11.8 Å². The Morgan fingerprint density at radius 3 is 2.43 bits per heavy atom. The first-order valence-electron chi connectivity index (χ1n) is 13.9. The van der Waals surface area contributed by atoms with Gasteiger partial charge in [-0.1, -0.05) is 35.3 Å². The summed E-state index contributed by atoms with van der Waals surface area (Å²) in [6, 6.07) is 12.5. The zero-order valence-electron chi connectivity index (χ0n) is 22.9. The highest BCUT2D eigenvalue weighted by Crippen LogP contribution is 2.33. The molecule has 2 aliphatic rings. The zero-order valence-corrected chi connectivity index (χ0v) is 24.4. The summed E-state index contributed by atoms with van der Waals surface area (Å²) in [7, 11) is 0. The van der Waals surface area contributed by atoms with E-state index in [1.54, 1.807) is 30.3 Å². The van der Waals surface area contributed by atoms with Gasteiger partial charge in [-0.25, -0.2) is 4.98 Å². The van der Waals surface area contributed by atoms with E-state index in [9.17, 15) is 19.5 Å². The maximum absolute atomic E-state index is 13.3. The zero-order chi connectivity index (χ0) is 29.6. The van der Waals surface area contributed by atoms with Crippen LogP contribution in [0.5, 0.6) is 5.75 Å². The fourth-order valence-corrected chi connectivity index (χ4v) is 5.58. The molecule has 3 aromatic rings. The van der Waals surface area contributed by atoms with Crippen molar-refractivity contribution < 1.29 is 19.5 Å². The van der Waals surface area contributed by atoms with Crippen molar-refractivity contribution in [2.75, 3.05) is 56.4 Å². The maximum atomic E-state index is 13.3. The largest absolute Gasteiger partial charge is 0.506 e. The highest BCUT2D eigenvalue weighted by atomic mass is 35.5. The summed E-state index contributed by atoms with van der Waals surface area (Å²) in [6.45, 7) is 6.28. The van der Waals surface area contributed by atoms with Gasteiger partial charge >= 0.3 is 0 Å². The Labute approximate surface area is 254 Å². The van der Waals surface area contributed by atoms with Crippen molar-refractivity contribution >= 4 is 52.4 Å². The number of anilines is 2. The summed E-state index contributed by atoms with van der Waals surface area (Å²) >= 11 is 12.0. The molecule has 1 atom stereocenters. The number of amides is 3. The summed E-state index contributed by atoms with van der Waals surface area (Å²) in [5.74, 6) is -1.44. The number of nitrogens with one attached hydrogen (secondary N) is 3. The molecule has 2 aliphatic heterocycles. The third-order valence-corrected chi connectivity index (χ3v) is 7.98. The average molecular weight is 612 g/mol. The molecule has 2 saturated heterocycles. The first-order chi connectivity index (χ1) is 20.3. The third kappa shape index (κ3) is 7.19. The van der Waals surface area contributed by atoms with Gasteiger partial charge < -0.3 is 26.0 Å². The number of benzene rings is 2. The standard InChI is InChI=1S/C30H32Cl2N6O4/c31-21-7-8-26(34-18-21)35-29(41)24-16-22(32)17-25(39)27(24)36-28(40)20-5-3-19(4-6-20)23-2-1-11-38(30(23)42)15-14-37-12-9-33-10-13-37/h3-8,16-18,23,33,39H,1-2,9-15H2,(H,36,40)(H,34,35,41). The van der Waals surface area contributed by atoms with Crippen LogP contribution < -0.4 is 16.0 Å². The molecule has 0 saturated carbocycles. The summed E-state index contributed by atoms with van der Waals surface area (Å²) in [6.07, 6.45) is 3.06. The molecule has 220 valence electrons. The van der Waals surface area contributed by atoms with E-state index in [0.717, 1.165) is 57.7 Å². The molecule has 12 heteroatoms. The number of rotatable bonds is 8. The molecule has 0 bridgehead atoms. The monoisotopic (exact) mass is 610 g/mol. The van der Waals surface area contributed by atoms with Crippen LogP contribution >= 0.6 is 23.2 Å². The maximum Gasteiger partial charge on any atom is 0.259 e. The minimum atomic E-state index is -0.634. The van der Waals surface area contributed by atoms with Gasteiger partial charge in [0.2, 0.25) is 5.91 Å². The Hall–Kier alpha value is -3.70. The van der Waals surface area contributed by atoms with Gasteiger partial charge in [-0.3, -0.25) is 19.3 Å². The molecule has 0 aliphatic carbocycles. The van der Waals surface area contributed by atoms with Gasteiger partial charge in [0.05, 0.1) is 22.2 Å². The van der Waals surface area contributed by atoms with Crippen LogP contribution in [-0.4, -0.2) is 83.4 Å². The van der Waals surface area contributed by atoms with Crippen LogP contribution in [-0.2, 0) is 4.79 Å². The van der Waals surface area contributed by atoms with Gasteiger partial charge in [-0.2, -0.15) is 0 Å². The Morgan fingerprint density at radius 1 is 0.952 bits per heavy atom. The molecular weight excluding hydrogens is 579 g/mol. The van der Waals surface area contributed by atoms with Gasteiger partial charge in [-0.05, 0) is 48.7 Å². The highest BCUT2D eigenvalue weighted by molar-refractivity contribution is 6.32. The smallest absolute Gasteiger partial charge is 0.259 e. The molecule has 3 heterocycles. The van der Waals surface area contributed by atoms with Crippen molar-refractivity contribution in [3.8, 4) is 5.75 Å². The van der Waals surface area contributed by atoms with Gasteiger partial charge in [0.15, 0.2) is 0 Å². The Balaban J connectivity index is 1.25. The summed E-state index contributed by atoms with van der Waals surface area (Å²) in [5, 5.41) is 19.6. The van der Waals surface area contributed by atoms with Gasteiger partial charge in [-0.15, -0.1) is 0 Å². The number of aromatic nitrogens is 1. The molecule has 5 rings (SSSR count). The normalized spacial score (nSPS) is 17.6. The van der Waals surface area contributed by atoms with Gasteiger partial charge in [0, 0.05) is 68.7 Å². The van der Waals surface area contributed by atoms with Crippen molar-refractivity contribution in [3.05, 3.63) is 81.5 Å². The number of halogens is 2. The minimum absolute atomic E-state index is 0.0459. The van der Waals surface area contributed by atoms with Crippen LogP contribution in [0.25, 0.3) is 0 Å². The van der Waals surface area contributed by atoms with Crippen molar-refractivity contribution in [1.82, 2.24) is 20.1 Å². The van der Waals surface area contributed by atoms with E-state index in [-0.39, 0.29) is 39.7 Å². The van der Waals surface area contributed by atoms with E-state index in [0.29, 0.717) is 17.1 Å². The van der Waals surface area contributed by atoms with E-state index in [4.69, 9.17) is 23.2 Å². The number of phenols is 1. The second kappa shape index (κ2) is 13.5. The van der Waals surface area contributed by atoms with Crippen molar-refractivity contribution in [3.63, 3.8) is 0 Å². The van der Waals surface area contributed by atoms with E-state index in [1.807, 2.05) is 4.90 Å². The molecule has 3 amide bonds. The average Bonchev–Trinajstić information content (AvgIpc) is 2.99. The lowest BCUT2D eigenvalue weighted by Crippen LogP contribution is -2.48. The summed E-state index contributed by atoms with van der Waals surface area (Å²) in [4.78, 5) is 47.8. The number of carbonyl (C=O) groups is 3. The Morgan fingerprint density at radius 2 is 1.71 bits per heavy atom. The molecule has 0 spiro atoms. The molecule has 4 N–H and O–H groups in total. The molecule has 2 fully saturated rings. The van der Waals surface area contributed by atoms with E-state index < -0.39 is 11.8 Å². The van der Waals surface area contributed by atoms with E-state index >= 15 is 0 Å². The number of aromatic hydroxyl groups is 1. The summed E-state index contributed by atoms with van der Waals surface area (Å²) < 4.78 is 0. The summed E-state index contributed by atoms with van der Waals surface area (Å²) in [5.41, 5.74) is 1.02. The van der Waals surface area contributed by atoms with Crippen LogP contribution in [0, 0.1) is 0 Å². The lowest BCUT2D eigenvalue weighted by atomic mass is 9.89. The second-order valence-electron chi connectivity index (χ2n) is 10.4. The topological polar surface area (TPSA) is 127 Å². The van der Waals surface area contributed by atoms with Crippen LogP contribution in [0.15, 0.2) is 54.7 Å². The minimum Gasteiger partial charge on any atom is -0.506 e. The third-order valence-electron chi connectivity index (χ3n) is 7.54. The van der Waals surface area contributed by atoms with Crippen LogP contribution in [0.4, 0.5) is 11.5 Å². The molecule has 1 unspecified atom stereocenters.